The molecule has 1 aliphatic rings. The highest BCUT2D eigenvalue weighted by molar-refractivity contribution is 5.76. The first kappa shape index (κ1) is 14.5. The molecule has 1 saturated carbocycles. The van der Waals surface area contributed by atoms with E-state index in [0.717, 1.165) is 45.1 Å². The molecule has 3 heteroatoms. The maximum atomic E-state index is 12.0. The second-order valence-electron chi connectivity index (χ2n) is 5.98. The number of hydrogen-bond donors (Lipinski definition) is 1. The molecule has 1 amide bonds. The van der Waals surface area contributed by atoms with E-state index in [-0.39, 0.29) is 0 Å². The summed E-state index contributed by atoms with van der Waals surface area (Å²) < 4.78 is 0. The number of carbonyl (C=O) groups is 1. The highest BCUT2D eigenvalue weighted by atomic mass is 16.2. The van der Waals surface area contributed by atoms with Crippen molar-refractivity contribution < 1.29 is 4.79 Å². The first-order valence-electron chi connectivity index (χ1n) is 6.98. The van der Waals surface area contributed by atoms with Crippen LogP contribution in [0.2, 0.25) is 0 Å². The van der Waals surface area contributed by atoms with Crippen LogP contribution in [0.3, 0.4) is 0 Å². The predicted molar refractivity (Wildman–Crippen MR) is 71.6 cm³/mol. The second kappa shape index (κ2) is 7.00. The van der Waals surface area contributed by atoms with Gasteiger partial charge >= 0.3 is 0 Å². The van der Waals surface area contributed by atoms with Crippen molar-refractivity contribution >= 4 is 5.91 Å². The molecule has 0 unspecified atom stereocenters. The Bertz CT molecular complexity index is 232. The number of rotatable bonds is 5. The fraction of sp³-hybridized carbons (Fsp3) is 0.929. The zero-order valence-corrected chi connectivity index (χ0v) is 11.6. The molecule has 0 aromatic carbocycles. The molecule has 0 bridgehead atoms. The van der Waals surface area contributed by atoms with Gasteiger partial charge in [0.15, 0.2) is 0 Å². The zero-order valence-electron chi connectivity index (χ0n) is 11.6. The molecule has 3 nitrogen and oxygen atoms in total. The lowest BCUT2D eigenvalue weighted by Gasteiger charge is -2.27. The lowest BCUT2D eigenvalue weighted by Crippen LogP contribution is -2.32. The molecule has 1 fully saturated rings. The molecule has 0 saturated heterocycles. The van der Waals surface area contributed by atoms with Crippen molar-refractivity contribution in [3.8, 4) is 0 Å². The summed E-state index contributed by atoms with van der Waals surface area (Å²) >= 11 is 0. The number of amides is 1. The van der Waals surface area contributed by atoms with Crippen molar-refractivity contribution in [2.45, 2.75) is 58.4 Å². The number of nitrogens with two attached hydrogens (primary N) is 1. The fourth-order valence-electron chi connectivity index (χ4n) is 2.37. The average molecular weight is 240 g/mol. The van der Waals surface area contributed by atoms with Gasteiger partial charge in [-0.25, -0.2) is 0 Å². The fourth-order valence-corrected chi connectivity index (χ4v) is 2.37. The minimum Gasteiger partial charge on any atom is -0.346 e. The van der Waals surface area contributed by atoms with Gasteiger partial charge in [0.25, 0.3) is 0 Å². The molecule has 0 heterocycles. The van der Waals surface area contributed by atoms with Gasteiger partial charge in [-0.2, -0.15) is 0 Å². The van der Waals surface area contributed by atoms with Crippen LogP contribution in [-0.4, -0.2) is 30.4 Å². The summed E-state index contributed by atoms with van der Waals surface area (Å²) in [5.41, 5.74) is 5.87. The molecule has 0 spiro atoms. The van der Waals surface area contributed by atoms with Gasteiger partial charge in [0, 0.05) is 26.1 Å². The Balaban J connectivity index is 2.23. The normalized spacial score (nSPS) is 25.0. The summed E-state index contributed by atoms with van der Waals surface area (Å²) in [4.78, 5) is 13.9. The van der Waals surface area contributed by atoms with E-state index in [2.05, 4.69) is 13.8 Å². The van der Waals surface area contributed by atoms with Crippen LogP contribution >= 0.6 is 0 Å². The topological polar surface area (TPSA) is 46.3 Å². The minimum atomic E-state index is 0.311. The van der Waals surface area contributed by atoms with Crippen molar-refractivity contribution in [2.75, 3.05) is 13.6 Å². The van der Waals surface area contributed by atoms with E-state index in [4.69, 9.17) is 5.73 Å². The van der Waals surface area contributed by atoms with Crippen LogP contribution in [0.1, 0.15) is 52.4 Å². The first-order valence-corrected chi connectivity index (χ1v) is 6.98. The monoisotopic (exact) mass is 240 g/mol. The third-order valence-electron chi connectivity index (χ3n) is 3.82. The van der Waals surface area contributed by atoms with Crippen LogP contribution in [0.25, 0.3) is 0 Å². The summed E-state index contributed by atoms with van der Waals surface area (Å²) in [5.74, 6) is 1.55. The molecule has 1 aliphatic carbocycles. The van der Waals surface area contributed by atoms with Crippen LogP contribution in [0, 0.1) is 11.8 Å². The molecule has 100 valence electrons. The molecule has 0 aromatic heterocycles. The largest absolute Gasteiger partial charge is 0.346 e. The molecule has 0 atom stereocenters. The molecule has 17 heavy (non-hydrogen) atoms. The van der Waals surface area contributed by atoms with E-state index in [0.29, 0.717) is 23.8 Å². The van der Waals surface area contributed by atoms with Gasteiger partial charge in [-0.05, 0) is 43.9 Å². The number of carbonyl (C=O) groups excluding carboxylic acids is 1. The van der Waals surface area contributed by atoms with Crippen molar-refractivity contribution in [2.24, 2.45) is 17.6 Å². The van der Waals surface area contributed by atoms with Gasteiger partial charge in [-0.1, -0.05) is 13.8 Å². The Hall–Kier alpha value is -0.570. The lowest BCUT2D eigenvalue weighted by atomic mass is 9.84. The predicted octanol–water partition coefficient (Wildman–Crippen LogP) is 2.40. The Morgan fingerprint density at radius 2 is 1.88 bits per heavy atom. The Morgan fingerprint density at radius 3 is 2.41 bits per heavy atom. The Kier molecular flexibility index (Phi) is 5.96. The summed E-state index contributed by atoms with van der Waals surface area (Å²) in [6.07, 6.45) is 6.26. The van der Waals surface area contributed by atoms with Crippen LogP contribution in [0.4, 0.5) is 0 Å². The maximum absolute atomic E-state index is 12.0. The molecule has 0 radical (unpaired) electrons. The summed E-state index contributed by atoms with van der Waals surface area (Å²) in [5, 5.41) is 0. The minimum absolute atomic E-state index is 0.311. The van der Waals surface area contributed by atoms with E-state index >= 15 is 0 Å². The average Bonchev–Trinajstić information content (AvgIpc) is 2.28. The van der Waals surface area contributed by atoms with Gasteiger partial charge in [0.1, 0.15) is 0 Å². The maximum Gasteiger partial charge on any atom is 0.222 e. The standard InChI is InChI=1S/C14H28N2O/c1-11(2)8-9-16(3)14(17)10-12-4-6-13(15)7-5-12/h11-13H,4-10,15H2,1-3H3. The van der Waals surface area contributed by atoms with E-state index in [1.165, 1.54) is 0 Å². The van der Waals surface area contributed by atoms with Crippen molar-refractivity contribution in [3.63, 3.8) is 0 Å². The SMILES string of the molecule is CC(C)CCN(C)C(=O)CC1CCC(N)CC1. The van der Waals surface area contributed by atoms with Gasteiger partial charge in [0.2, 0.25) is 5.91 Å². The Morgan fingerprint density at radius 1 is 1.29 bits per heavy atom. The first-order chi connectivity index (χ1) is 7.99. The molecular weight excluding hydrogens is 212 g/mol. The van der Waals surface area contributed by atoms with Crippen LogP contribution in [-0.2, 0) is 4.79 Å². The van der Waals surface area contributed by atoms with E-state index in [1.807, 2.05) is 11.9 Å². The van der Waals surface area contributed by atoms with Crippen LogP contribution in [0.5, 0.6) is 0 Å². The summed E-state index contributed by atoms with van der Waals surface area (Å²) in [6.45, 7) is 5.28. The van der Waals surface area contributed by atoms with Crippen LogP contribution < -0.4 is 5.73 Å². The van der Waals surface area contributed by atoms with E-state index in [9.17, 15) is 4.79 Å². The molecule has 0 aliphatic heterocycles. The number of nitrogens with zero attached hydrogens (tertiary/aromatic N) is 1. The highest BCUT2D eigenvalue weighted by Crippen LogP contribution is 2.26. The molecule has 0 aromatic rings. The van der Waals surface area contributed by atoms with E-state index in [1.54, 1.807) is 0 Å². The van der Waals surface area contributed by atoms with Gasteiger partial charge < -0.3 is 10.6 Å². The number of hydrogen-bond acceptors (Lipinski definition) is 2. The van der Waals surface area contributed by atoms with Crippen molar-refractivity contribution in [3.05, 3.63) is 0 Å². The summed E-state index contributed by atoms with van der Waals surface area (Å²) in [6, 6.07) is 0.375. The third-order valence-corrected chi connectivity index (χ3v) is 3.82. The zero-order chi connectivity index (χ0) is 12.8. The van der Waals surface area contributed by atoms with Crippen molar-refractivity contribution in [1.29, 1.82) is 0 Å². The second-order valence-corrected chi connectivity index (χ2v) is 5.98. The molecular formula is C14H28N2O. The van der Waals surface area contributed by atoms with Gasteiger partial charge in [-0.15, -0.1) is 0 Å². The highest BCUT2D eigenvalue weighted by Gasteiger charge is 2.22. The van der Waals surface area contributed by atoms with Gasteiger partial charge in [-0.3, -0.25) is 4.79 Å². The molecule has 2 N–H and O–H groups in total. The van der Waals surface area contributed by atoms with E-state index < -0.39 is 0 Å². The third kappa shape index (κ3) is 5.53. The lowest BCUT2D eigenvalue weighted by molar-refractivity contribution is -0.131. The molecule has 1 rings (SSSR count). The van der Waals surface area contributed by atoms with Crippen LogP contribution in [0.15, 0.2) is 0 Å². The summed E-state index contributed by atoms with van der Waals surface area (Å²) in [7, 11) is 1.93. The quantitative estimate of drug-likeness (QED) is 0.802. The Labute approximate surface area is 106 Å². The van der Waals surface area contributed by atoms with Gasteiger partial charge in [0.05, 0.1) is 0 Å². The van der Waals surface area contributed by atoms with Crippen molar-refractivity contribution in [1.82, 2.24) is 4.90 Å². The smallest absolute Gasteiger partial charge is 0.222 e.